The van der Waals surface area contributed by atoms with Gasteiger partial charge >= 0.3 is 5.97 Å². The molecule has 1 fully saturated rings. The predicted molar refractivity (Wildman–Crippen MR) is 54.4 cm³/mol. The Labute approximate surface area is 87.7 Å². The van der Waals surface area contributed by atoms with E-state index in [0.717, 1.165) is 12.8 Å². The summed E-state index contributed by atoms with van der Waals surface area (Å²) in [5.74, 6) is -0.801. The lowest BCUT2D eigenvalue weighted by Gasteiger charge is -2.11. The molecule has 0 radical (unpaired) electrons. The topological polar surface area (TPSA) is 37.3 Å². The van der Waals surface area contributed by atoms with Crippen molar-refractivity contribution < 1.29 is 14.3 Å². The van der Waals surface area contributed by atoms with Crippen LogP contribution >= 0.6 is 0 Å². The fourth-order valence-corrected chi connectivity index (χ4v) is 1.77. The average Bonchev–Trinajstić information content (AvgIpc) is 3.00. The van der Waals surface area contributed by atoms with Crippen LogP contribution in [0.25, 0.3) is 0 Å². The molecular weight excluding hydrogens is 195 g/mol. The summed E-state index contributed by atoms with van der Waals surface area (Å²) >= 11 is 0. The third-order valence-electron chi connectivity index (χ3n) is 2.73. The molecule has 3 heteroatoms. The normalized spacial score (nSPS) is 17.4. The molecule has 80 valence electrons. The molecule has 0 heterocycles. The molecule has 1 atom stereocenters. The Morgan fingerprint density at radius 1 is 1.47 bits per heavy atom. The minimum atomic E-state index is -0.986. The number of hydrogen-bond donors (Lipinski definition) is 1. The zero-order valence-electron chi connectivity index (χ0n) is 8.32. The minimum Gasteiger partial charge on any atom is -0.481 e. The highest BCUT2D eigenvalue weighted by Gasteiger charge is 2.33. The first-order valence-electron chi connectivity index (χ1n) is 5.12. The van der Waals surface area contributed by atoms with E-state index in [4.69, 9.17) is 5.11 Å². The predicted octanol–water partition coefficient (Wildman–Crippen LogP) is 2.73. The summed E-state index contributed by atoms with van der Waals surface area (Å²) in [6, 6.07) is 6.90. The van der Waals surface area contributed by atoms with Crippen LogP contribution in [0.5, 0.6) is 0 Å². The van der Waals surface area contributed by atoms with Crippen LogP contribution in [0.3, 0.4) is 0 Å². The Kier molecular flexibility index (Phi) is 2.71. The summed E-state index contributed by atoms with van der Waals surface area (Å²) in [5.41, 5.74) is 1.16. The van der Waals surface area contributed by atoms with Crippen LogP contribution in [-0.2, 0) is 11.2 Å². The molecule has 0 aromatic heterocycles. The van der Waals surface area contributed by atoms with E-state index >= 15 is 0 Å². The lowest BCUT2D eigenvalue weighted by atomic mass is 9.98. The molecule has 1 unspecified atom stereocenters. The van der Waals surface area contributed by atoms with Gasteiger partial charge in [-0.2, -0.15) is 0 Å². The standard InChI is InChI=1S/C12H13FO2/c13-12(8-5-6-8)10-4-2-1-3-9(10)7-11(14)15/h1-4,8,12H,5-7H2,(H,14,15). The van der Waals surface area contributed by atoms with Crippen molar-refractivity contribution in [3.05, 3.63) is 35.4 Å². The largest absolute Gasteiger partial charge is 0.481 e. The number of carboxylic acids is 1. The summed E-state index contributed by atoms with van der Waals surface area (Å²) < 4.78 is 13.8. The molecule has 1 saturated carbocycles. The molecule has 15 heavy (non-hydrogen) atoms. The van der Waals surface area contributed by atoms with E-state index in [0.29, 0.717) is 11.1 Å². The maximum absolute atomic E-state index is 13.8. The Morgan fingerprint density at radius 3 is 2.73 bits per heavy atom. The lowest BCUT2D eigenvalue weighted by molar-refractivity contribution is -0.136. The monoisotopic (exact) mass is 208 g/mol. The van der Waals surface area contributed by atoms with Crippen LogP contribution in [0.2, 0.25) is 0 Å². The van der Waals surface area contributed by atoms with Crippen molar-refractivity contribution in [1.29, 1.82) is 0 Å². The zero-order valence-corrected chi connectivity index (χ0v) is 8.32. The SMILES string of the molecule is O=C(O)Cc1ccccc1C(F)C1CC1. The van der Waals surface area contributed by atoms with E-state index in [2.05, 4.69) is 0 Å². The maximum Gasteiger partial charge on any atom is 0.307 e. The van der Waals surface area contributed by atoms with E-state index in [1.807, 2.05) is 0 Å². The Balaban J connectivity index is 2.23. The first-order valence-corrected chi connectivity index (χ1v) is 5.12. The van der Waals surface area contributed by atoms with E-state index in [-0.39, 0.29) is 12.3 Å². The summed E-state index contributed by atoms with van der Waals surface area (Å²) in [6.45, 7) is 0. The van der Waals surface area contributed by atoms with Gasteiger partial charge in [-0.05, 0) is 29.9 Å². The number of alkyl halides is 1. The molecule has 2 rings (SSSR count). The van der Waals surface area contributed by atoms with Crippen LogP contribution in [0.15, 0.2) is 24.3 Å². The van der Waals surface area contributed by atoms with Gasteiger partial charge in [-0.15, -0.1) is 0 Å². The molecule has 0 spiro atoms. The van der Waals surface area contributed by atoms with Gasteiger partial charge in [-0.1, -0.05) is 24.3 Å². The third-order valence-corrected chi connectivity index (χ3v) is 2.73. The van der Waals surface area contributed by atoms with Gasteiger partial charge in [-0.3, -0.25) is 4.79 Å². The number of rotatable bonds is 4. The number of benzene rings is 1. The third kappa shape index (κ3) is 2.35. The van der Waals surface area contributed by atoms with Gasteiger partial charge < -0.3 is 5.11 Å². The Morgan fingerprint density at radius 2 is 2.13 bits per heavy atom. The highest BCUT2D eigenvalue weighted by Crippen LogP contribution is 2.44. The fourth-order valence-electron chi connectivity index (χ4n) is 1.77. The zero-order chi connectivity index (χ0) is 10.8. The molecule has 0 aliphatic heterocycles. The van der Waals surface area contributed by atoms with Crippen LogP contribution in [0, 0.1) is 5.92 Å². The van der Waals surface area contributed by atoms with Crippen LogP contribution < -0.4 is 0 Å². The molecule has 1 N–H and O–H groups in total. The van der Waals surface area contributed by atoms with Crippen molar-refractivity contribution in [3.8, 4) is 0 Å². The number of halogens is 1. The molecule has 1 aromatic carbocycles. The van der Waals surface area contributed by atoms with Gasteiger partial charge in [-0.25, -0.2) is 4.39 Å². The molecule has 1 aliphatic rings. The molecule has 1 aliphatic carbocycles. The molecule has 0 saturated heterocycles. The fraction of sp³-hybridized carbons (Fsp3) is 0.417. The summed E-state index contributed by atoms with van der Waals surface area (Å²) in [7, 11) is 0. The van der Waals surface area contributed by atoms with Gasteiger partial charge in [0.1, 0.15) is 6.17 Å². The van der Waals surface area contributed by atoms with Gasteiger partial charge in [0.15, 0.2) is 0 Å². The second kappa shape index (κ2) is 4.01. The van der Waals surface area contributed by atoms with Gasteiger partial charge in [0.2, 0.25) is 0 Å². The highest BCUT2D eigenvalue weighted by atomic mass is 19.1. The quantitative estimate of drug-likeness (QED) is 0.826. The molecule has 0 bridgehead atoms. The van der Waals surface area contributed by atoms with Crippen molar-refractivity contribution in [2.24, 2.45) is 5.92 Å². The number of aliphatic carboxylic acids is 1. The van der Waals surface area contributed by atoms with Crippen molar-refractivity contribution in [2.45, 2.75) is 25.4 Å². The number of hydrogen-bond acceptors (Lipinski definition) is 1. The molecule has 2 nitrogen and oxygen atoms in total. The van der Waals surface area contributed by atoms with Crippen molar-refractivity contribution in [3.63, 3.8) is 0 Å². The van der Waals surface area contributed by atoms with E-state index in [9.17, 15) is 9.18 Å². The lowest BCUT2D eigenvalue weighted by Crippen LogP contribution is -2.06. The summed E-state index contributed by atoms with van der Waals surface area (Å²) in [5, 5.41) is 8.70. The maximum atomic E-state index is 13.8. The Hall–Kier alpha value is -1.38. The second-order valence-electron chi connectivity index (χ2n) is 4.01. The smallest absolute Gasteiger partial charge is 0.307 e. The van der Waals surface area contributed by atoms with Gasteiger partial charge in [0, 0.05) is 0 Å². The van der Waals surface area contributed by atoms with Crippen molar-refractivity contribution in [1.82, 2.24) is 0 Å². The second-order valence-corrected chi connectivity index (χ2v) is 4.01. The summed E-state index contributed by atoms with van der Waals surface area (Å²) in [6.07, 6.45) is 0.759. The van der Waals surface area contributed by atoms with Gasteiger partial charge in [0.05, 0.1) is 6.42 Å². The van der Waals surface area contributed by atoms with Crippen LogP contribution in [0.4, 0.5) is 4.39 Å². The number of carboxylic acid groups (broad SMARTS) is 1. The van der Waals surface area contributed by atoms with E-state index in [1.165, 1.54) is 0 Å². The van der Waals surface area contributed by atoms with Crippen LogP contribution in [0.1, 0.15) is 30.1 Å². The van der Waals surface area contributed by atoms with Crippen molar-refractivity contribution >= 4 is 5.97 Å². The number of carbonyl (C=O) groups is 1. The first kappa shape index (κ1) is 10.1. The van der Waals surface area contributed by atoms with Gasteiger partial charge in [0.25, 0.3) is 0 Å². The highest BCUT2D eigenvalue weighted by molar-refractivity contribution is 5.70. The molecular formula is C12H13FO2. The van der Waals surface area contributed by atoms with E-state index < -0.39 is 12.1 Å². The molecule has 0 amide bonds. The molecule has 1 aromatic rings. The van der Waals surface area contributed by atoms with E-state index in [1.54, 1.807) is 24.3 Å². The Bertz CT molecular complexity index is 372. The minimum absolute atomic E-state index is 0.0939. The average molecular weight is 208 g/mol. The van der Waals surface area contributed by atoms with Crippen LogP contribution in [-0.4, -0.2) is 11.1 Å². The summed E-state index contributed by atoms with van der Waals surface area (Å²) in [4.78, 5) is 10.6. The van der Waals surface area contributed by atoms with Crippen molar-refractivity contribution in [2.75, 3.05) is 0 Å². The first-order chi connectivity index (χ1) is 7.18.